The highest BCUT2D eigenvalue weighted by Gasteiger charge is 2.65. The van der Waals surface area contributed by atoms with E-state index >= 15 is 0 Å². The van der Waals surface area contributed by atoms with E-state index in [4.69, 9.17) is 4.84 Å². The maximum atomic E-state index is 12.4. The summed E-state index contributed by atoms with van der Waals surface area (Å²) in [6.07, 6.45) is 13.8. The third-order valence-corrected chi connectivity index (χ3v) is 10.4. The molecule has 0 radical (unpaired) electrons. The maximum Gasteiger partial charge on any atom is 0.260 e. The number of fused-ring (bicyclic) bond motifs is 5. The number of rotatable bonds is 7. The summed E-state index contributed by atoms with van der Waals surface area (Å²) in [7, 11) is 0. The van der Waals surface area contributed by atoms with Gasteiger partial charge in [-0.2, -0.15) is 0 Å². The highest BCUT2D eigenvalue weighted by atomic mass is 16.6. The minimum Gasteiger partial charge on any atom is -0.385 e. The van der Waals surface area contributed by atoms with Gasteiger partial charge in [0.15, 0.2) is 12.4 Å². The van der Waals surface area contributed by atoms with Gasteiger partial charge >= 0.3 is 0 Å². The van der Waals surface area contributed by atoms with Gasteiger partial charge in [0.05, 0.1) is 12.0 Å². The van der Waals surface area contributed by atoms with Gasteiger partial charge in [0.1, 0.15) is 5.60 Å². The van der Waals surface area contributed by atoms with Crippen molar-refractivity contribution in [2.24, 2.45) is 33.7 Å². The van der Waals surface area contributed by atoms with E-state index in [1.165, 1.54) is 5.57 Å². The standard InChI is InChI=1S/C28H40N4O4/c1-18(33)28(35)12-8-24-22-5-4-19-14-20(6-10-26(19,2)23(22)7-11-27(24,28)3)32-36-16-25(34)30-13-9-21-15-29-17-31-21/h14-15,17,22-24,35H,4-13,16H2,1-3H3,(H,29,31)(H,30,34)/t22?,23?,24?,26?,27?,28-/m0/s1. The minimum absolute atomic E-state index is 0.0569. The molecular formula is C28H40N4O4. The number of carbonyl (C=O) groups excluding carboxylic acids is 2. The lowest BCUT2D eigenvalue weighted by atomic mass is 9.46. The average molecular weight is 497 g/mol. The number of H-pyrrole nitrogens is 1. The summed E-state index contributed by atoms with van der Waals surface area (Å²) in [5.74, 6) is 1.31. The summed E-state index contributed by atoms with van der Waals surface area (Å²) in [5.41, 5.74) is 2.02. The molecule has 6 atom stereocenters. The van der Waals surface area contributed by atoms with E-state index in [0.29, 0.717) is 37.1 Å². The second-order valence-corrected chi connectivity index (χ2v) is 11.9. The number of hydrogen-bond donors (Lipinski definition) is 3. The van der Waals surface area contributed by atoms with Crippen LogP contribution in [-0.2, 0) is 20.8 Å². The Balaban J connectivity index is 1.19. The zero-order valence-electron chi connectivity index (χ0n) is 21.8. The topological polar surface area (TPSA) is 117 Å². The number of imidazole rings is 1. The van der Waals surface area contributed by atoms with Crippen molar-refractivity contribution in [3.8, 4) is 0 Å². The molecule has 1 heterocycles. The quantitative estimate of drug-likeness (QED) is 0.498. The highest BCUT2D eigenvalue weighted by Crippen LogP contribution is 2.67. The van der Waals surface area contributed by atoms with Crippen molar-refractivity contribution in [3.63, 3.8) is 0 Å². The largest absolute Gasteiger partial charge is 0.385 e. The first-order valence-corrected chi connectivity index (χ1v) is 13.5. The van der Waals surface area contributed by atoms with Crippen LogP contribution in [0.1, 0.15) is 77.8 Å². The van der Waals surface area contributed by atoms with Gasteiger partial charge in [0, 0.05) is 30.3 Å². The van der Waals surface area contributed by atoms with Crippen LogP contribution in [0.5, 0.6) is 0 Å². The monoisotopic (exact) mass is 496 g/mol. The predicted octanol–water partition coefficient (Wildman–Crippen LogP) is 3.72. The van der Waals surface area contributed by atoms with Crippen LogP contribution < -0.4 is 5.32 Å². The normalized spacial score (nSPS) is 38.5. The molecule has 1 amide bonds. The number of carbonyl (C=O) groups is 2. The Labute approximate surface area is 213 Å². The van der Waals surface area contributed by atoms with Crippen LogP contribution in [0.2, 0.25) is 0 Å². The number of Topliss-reactive ketones (excluding diaryl/α,β-unsaturated/α-hetero) is 1. The van der Waals surface area contributed by atoms with Crippen LogP contribution in [0.25, 0.3) is 0 Å². The number of oxime groups is 1. The minimum atomic E-state index is -1.16. The summed E-state index contributed by atoms with van der Waals surface area (Å²) in [5, 5.41) is 18.5. The number of hydrogen-bond acceptors (Lipinski definition) is 6. The molecule has 3 fully saturated rings. The Bertz CT molecular complexity index is 1070. The number of nitrogens with one attached hydrogen (secondary N) is 2. The smallest absolute Gasteiger partial charge is 0.260 e. The molecule has 1 aromatic rings. The van der Waals surface area contributed by atoms with Crippen LogP contribution in [0.3, 0.4) is 0 Å². The summed E-state index contributed by atoms with van der Waals surface area (Å²) in [6, 6.07) is 0. The first-order chi connectivity index (χ1) is 17.2. The lowest BCUT2D eigenvalue weighted by Gasteiger charge is -2.59. The number of allylic oxidation sites excluding steroid dienone is 2. The van der Waals surface area contributed by atoms with Gasteiger partial charge in [0.2, 0.25) is 0 Å². The molecule has 3 N–H and O–H groups in total. The molecule has 4 aliphatic carbocycles. The molecule has 5 unspecified atom stereocenters. The number of aromatic nitrogens is 2. The number of aliphatic hydroxyl groups is 1. The third-order valence-electron chi connectivity index (χ3n) is 10.4. The summed E-state index contributed by atoms with van der Waals surface area (Å²) in [4.78, 5) is 36.9. The number of nitrogens with zero attached hydrogens (tertiary/aromatic N) is 2. The third kappa shape index (κ3) is 4.11. The van der Waals surface area contributed by atoms with Gasteiger partial charge in [0.25, 0.3) is 5.91 Å². The van der Waals surface area contributed by atoms with Crippen LogP contribution in [-0.4, -0.2) is 51.2 Å². The number of ketones is 1. The van der Waals surface area contributed by atoms with Crippen molar-refractivity contribution >= 4 is 17.4 Å². The Morgan fingerprint density at radius 1 is 1.19 bits per heavy atom. The SMILES string of the molecule is CC(=O)[C@@]1(O)CCC2C3CCC4=CC(=NOCC(=O)NCCc5cnc[nH]5)CCC4(C)C3CCC21C. The molecule has 8 nitrogen and oxygen atoms in total. The fourth-order valence-corrected chi connectivity index (χ4v) is 8.22. The van der Waals surface area contributed by atoms with E-state index in [2.05, 4.69) is 40.4 Å². The molecule has 3 saturated carbocycles. The van der Waals surface area contributed by atoms with E-state index in [1.807, 2.05) is 0 Å². The Hall–Kier alpha value is -2.48. The van der Waals surface area contributed by atoms with Crippen LogP contribution >= 0.6 is 0 Å². The first kappa shape index (κ1) is 25.2. The van der Waals surface area contributed by atoms with Gasteiger partial charge in [-0.25, -0.2) is 4.98 Å². The lowest BCUT2D eigenvalue weighted by molar-refractivity contribution is -0.159. The Kier molecular flexibility index (Phi) is 6.60. The molecule has 36 heavy (non-hydrogen) atoms. The van der Waals surface area contributed by atoms with Crippen LogP contribution in [0, 0.1) is 28.6 Å². The molecule has 8 heteroatoms. The molecule has 5 rings (SSSR count). The predicted molar refractivity (Wildman–Crippen MR) is 136 cm³/mol. The van der Waals surface area contributed by atoms with Gasteiger partial charge < -0.3 is 20.2 Å². The summed E-state index contributed by atoms with van der Waals surface area (Å²) in [6.45, 7) is 6.59. The second kappa shape index (κ2) is 9.43. The maximum absolute atomic E-state index is 12.4. The molecular weight excluding hydrogens is 456 g/mol. The summed E-state index contributed by atoms with van der Waals surface area (Å²) < 4.78 is 0. The van der Waals surface area contributed by atoms with E-state index in [1.54, 1.807) is 19.4 Å². The zero-order valence-corrected chi connectivity index (χ0v) is 21.8. The summed E-state index contributed by atoms with van der Waals surface area (Å²) >= 11 is 0. The Morgan fingerprint density at radius 2 is 2.00 bits per heavy atom. The molecule has 1 aromatic heterocycles. The van der Waals surface area contributed by atoms with Crippen LogP contribution in [0.15, 0.2) is 29.3 Å². The number of amides is 1. The van der Waals surface area contributed by atoms with Crippen LogP contribution in [0.4, 0.5) is 0 Å². The Morgan fingerprint density at radius 3 is 2.75 bits per heavy atom. The van der Waals surface area contributed by atoms with E-state index < -0.39 is 5.60 Å². The molecule has 0 bridgehead atoms. The van der Waals surface area contributed by atoms with Crippen molar-refractivity contribution in [2.75, 3.05) is 13.2 Å². The second-order valence-electron chi connectivity index (χ2n) is 11.9. The van der Waals surface area contributed by atoms with Crippen molar-refractivity contribution in [1.29, 1.82) is 0 Å². The first-order valence-electron chi connectivity index (χ1n) is 13.5. The van der Waals surface area contributed by atoms with Crippen molar-refractivity contribution in [2.45, 2.75) is 84.2 Å². The van der Waals surface area contributed by atoms with Crippen molar-refractivity contribution in [3.05, 3.63) is 29.9 Å². The number of aromatic amines is 1. The van der Waals surface area contributed by atoms with E-state index in [0.717, 1.165) is 56.4 Å². The molecule has 0 spiro atoms. The molecule has 0 aliphatic heterocycles. The highest BCUT2D eigenvalue weighted by molar-refractivity contribution is 5.96. The molecule has 196 valence electrons. The van der Waals surface area contributed by atoms with Gasteiger partial charge in [-0.05, 0) is 87.5 Å². The zero-order chi connectivity index (χ0) is 25.6. The van der Waals surface area contributed by atoms with E-state index in [9.17, 15) is 14.7 Å². The molecule has 0 saturated heterocycles. The van der Waals surface area contributed by atoms with Crippen molar-refractivity contribution < 1.29 is 19.5 Å². The average Bonchev–Trinajstić information content (AvgIpc) is 3.46. The van der Waals surface area contributed by atoms with Gasteiger partial charge in [-0.3, -0.25) is 9.59 Å². The molecule has 0 aromatic carbocycles. The lowest BCUT2D eigenvalue weighted by Crippen LogP contribution is -2.57. The fourth-order valence-electron chi connectivity index (χ4n) is 8.22. The van der Waals surface area contributed by atoms with Gasteiger partial charge in [-0.1, -0.05) is 24.6 Å². The van der Waals surface area contributed by atoms with Crippen molar-refractivity contribution in [1.82, 2.24) is 15.3 Å². The van der Waals surface area contributed by atoms with Gasteiger partial charge in [-0.15, -0.1) is 0 Å². The molecule has 4 aliphatic rings. The van der Waals surface area contributed by atoms with E-state index in [-0.39, 0.29) is 29.1 Å². The fraction of sp³-hybridized carbons (Fsp3) is 0.714.